The van der Waals surface area contributed by atoms with E-state index in [1.165, 1.54) is 23.5 Å². The van der Waals surface area contributed by atoms with Crippen molar-refractivity contribution in [3.05, 3.63) is 43.5 Å². The molecule has 0 atom stereocenters. The van der Waals surface area contributed by atoms with Gasteiger partial charge in [0.15, 0.2) is 11.6 Å². The maximum atomic E-state index is 12.3. The Morgan fingerprint density at radius 3 is 2.86 bits per heavy atom. The van der Waals surface area contributed by atoms with Gasteiger partial charge in [0.2, 0.25) is 0 Å². The number of H-pyrrole nitrogens is 1. The summed E-state index contributed by atoms with van der Waals surface area (Å²) in [7, 11) is 0. The van der Waals surface area contributed by atoms with E-state index in [4.69, 9.17) is 4.42 Å². The van der Waals surface area contributed by atoms with Crippen molar-refractivity contribution in [1.29, 1.82) is 0 Å². The zero-order chi connectivity index (χ0) is 15.9. The summed E-state index contributed by atoms with van der Waals surface area (Å²) in [6.07, 6.45) is 0.802. The third-order valence-electron chi connectivity index (χ3n) is 3.15. The quantitative estimate of drug-likeness (QED) is 0.587. The molecule has 3 heterocycles. The Hall–Kier alpha value is -2.48. The van der Waals surface area contributed by atoms with Crippen molar-refractivity contribution in [3.8, 4) is 11.6 Å². The zero-order valence-corrected chi connectivity index (χ0v) is 12.8. The molecule has 0 fully saturated rings. The molecule has 0 aliphatic rings. The Kier molecular flexibility index (Phi) is 3.53. The molecule has 0 aromatic carbocycles. The minimum atomic E-state index is -0.633. The Morgan fingerprint density at radius 1 is 1.45 bits per heavy atom. The first-order valence-corrected chi connectivity index (χ1v) is 7.58. The van der Waals surface area contributed by atoms with Crippen LogP contribution in [0.15, 0.2) is 26.7 Å². The van der Waals surface area contributed by atoms with Crippen molar-refractivity contribution in [2.45, 2.75) is 20.3 Å². The summed E-state index contributed by atoms with van der Waals surface area (Å²) < 4.78 is 5.08. The summed E-state index contributed by atoms with van der Waals surface area (Å²) in [5.74, 6) is 0.419. The summed E-state index contributed by atoms with van der Waals surface area (Å²) in [5, 5.41) is 13.2. The number of nitro groups is 1. The lowest BCUT2D eigenvalue weighted by Gasteiger charge is -2.02. The molecule has 0 aliphatic carbocycles. The second kappa shape index (κ2) is 5.38. The molecule has 0 aliphatic heterocycles. The van der Waals surface area contributed by atoms with E-state index in [9.17, 15) is 14.9 Å². The van der Waals surface area contributed by atoms with Gasteiger partial charge >= 0.3 is 5.88 Å². The number of nitrogens with zero attached hydrogens (tertiary/aromatic N) is 2. The Balaban J connectivity index is 2.09. The molecule has 0 saturated carbocycles. The van der Waals surface area contributed by atoms with Gasteiger partial charge in [0.25, 0.3) is 5.56 Å². The molecule has 0 saturated heterocycles. The number of thiophene rings is 1. The molecule has 0 amide bonds. The first-order chi connectivity index (χ1) is 10.5. The molecule has 0 unspecified atom stereocenters. The van der Waals surface area contributed by atoms with Gasteiger partial charge in [-0.15, -0.1) is 11.3 Å². The standard InChI is InChI=1S/C14H13N3O4S/c1-7(2)5-8-6-22-14-11(8)13(18)15-12(16-14)9-3-4-10(21-9)17(19)20/h3-4,6-7H,5H2,1-2H3,(H,15,16,18). The van der Waals surface area contributed by atoms with Gasteiger partial charge in [0.1, 0.15) is 9.75 Å². The number of rotatable bonds is 4. The molecule has 114 valence electrons. The maximum Gasteiger partial charge on any atom is 0.433 e. The minimum absolute atomic E-state index is 0.171. The van der Waals surface area contributed by atoms with E-state index >= 15 is 0 Å². The molecular formula is C14H13N3O4S. The van der Waals surface area contributed by atoms with Crippen molar-refractivity contribution in [1.82, 2.24) is 9.97 Å². The molecule has 0 radical (unpaired) electrons. The van der Waals surface area contributed by atoms with E-state index in [1.807, 2.05) is 5.38 Å². The smallest absolute Gasteiger partial charge is 0.397 e. The molecule has 0 bridgehead atoms. The average molecular weight is 319 g/mol. The van der Waals surface area contributed by atoms with Crippen LogP contribution in [0, 0.1) is 16.0 Å². The number of hydrogen-bond donors (Lipinski definition) is 1. The van der Waals surface area contributed by atoms with Crippen LogP contribution < -0.4 is 5.56 Å². The van der Waals surface area contributed by atoms with Crippen LogP contribution >= 0.6 is 11.3 Å². The van der Waals surface area contributed by atoms with Gasteiger partial charge in [-0.3, -0.25) is 14.9 Å². The number of furan rings is 1. The van der Waals surface area contributed by atoms with Crippen molar-refractivity contribution in [2.24, 2.45) is 5.92 Å². The fraction of sp³-hybridized carbons (Fsp3) is 0.286. The number of aromatic nitrogens is 2. The fourth-order valence-corrected chi connectivity index (χ4v) is 3.22. The van der Waals surface area contributed by atoms with Crippen LogP contribution in [-0.2, 0) is 6.42 Å². The molecule has 3 aromatic heterocycles. The van der Waals surface area contributed by atoms with Gasteiger partial charge in [-0.25, -0.2) is 4.98 Å². The van der Waals surface area contributed by atoms with Gasteiger partial charge in [0.05, 0.1) is 11.5 Å². The highest BCUT2D eigenvalue weighted by atomic mass is 32.1. The van der Waals surface area contributed by atoms with E-state index in [0.29, 0.717) is 16.1 Å². The summed E-state index contributed by atoms with van der Waals surface area (Å²) in [6, 6.07) is 2.66. The molecule has 1 N–H and O–H groups in total. The Bertz CT molecular complexity index is 906. The van der Waals surface area contributed by atoms with E-state index in [1.54, 1.807) is 0 Å². The lowest BCUT2D eigenvalue weighted by atomic mass is 10.0. The SMILES string of the molecule is CC(C)Cc1csc2nc(-c3ccc([N+](=O)[O-])o3)[nH]c(=O)c12. The van der Waals surface area contributed by atoms with Crippen LogP contribution in [0.5, 0.6) is 0 Å². The molecule has 8 heteroatoms. The maximum absolute atomic E-state index is 12.3. The van der Waals surface area contributed by atoms with Crippen molar-refractivity contribution >= 4 is 27.4 Å². The number of hydrogen-bond acceptors (Lipinski definition) is 6. The fourth-order valence-electron chi connectivity index (χ4n) is 2.27. The molecule has 7 nitrogen and oxygen atoms in total. The van der Waals surface area contributed by atoms with Gasteiger partial charge in [-0.1, -0.05) is 13.8 Å². The van der Waals surface area contributed by atoms with Gasteiger partial charge in [-0.2, -0.15) is 0 Å². The van der Waals surface area contributed by atoms with Crippen molar-refractivity contribution in [2.75, 3.05) is 0 Å². The van der Waals surface area contributed by atoms with E-state index < -0.39 is 4.92 Å². The molecule has 22 heavy (non-hydrogen) atoms. The highest BCUT2D eigenvalue weighted by molar-refractivity contribution is 7.16. The Morgan fingerprint density at radius 2 is 2.23 bits per heavy atom. The van der Waals surface area contributed by atoms with Gasteiger partial charge in [0, 0.05) is 0 Å². The molecular weight excluding hydrogens is 306 g/mol. The zero-order valence-electron chi connectivity index (χ0n) is 12.0. The predicted octanol–water partition coefficient (Wildman–Crippen LogP) is 3.35. The highest BCUT2D eigenvalue weighted by Crippen LogP contribution is 2.27. The van der Waals surface area contributed by atoms with Crippen molar-refractivity contribution < 1.29 is 9.34 Å². The van der Waals surface area contributed by atoms with Crippen LogP contribution in [0.3, 0.4) is 0 Å². The molecule has 0 spiro atoms. The largest absolute Gasteiger partial charge is 0.433 e. The third-order valence-corrected chi connectivity index (χ3v) is 4.07. The summed E-state index contributed by atoms with van der Waals surface area (Å²) >= 11 is 1.39. The van der Waals surface area contributed by atoms with Crippen LogP contribution in [0.1, 0.15) is 19.4 Å². The lowest BCUT2D eigenvalue weighted by Crippen LogP contribution is -2.10. The molecule has 3 aromatic rings. The summed E-state index contributed by atoms with van der Waals surface area (Å²) in [6.45, 7) is 4.17. The van der Waals surface area contributed by atoms with Gasteiger partial charge in [-0.05, 0) is 29.3 Å². The van der Waals surface area contributed by atoms with E-state index in [-0.39, 0.29) is 23.0 Å². The van der Waals surface area contributed by atoms with Crippen LogP contribution in [0.4, 0.5) is 5.88 Å². The minimum Gasteiger partial charge on any atom is -0.397 e. The van der Waals surface area contributed by atoms with E-state index in [2.05, 4.69) is 23.8 Å². The number of fused-ring (bicyclic) bond motifs is 1. The first kappa shape index (κ1) is 14.5. The normalized spacial score (nSPS) is 11.4. The van der Waals surface area contributed by atoms with Crippen LogP contribution in [0.25, 0.3) is 21.8 Å². The summed E-state index contributed by atoms with van der Waals surface area (Å²) in [4.78, 5) is 29.9. The lowest BCUT2D eigenvalue weighted by molar-refractivity contribution is -0.401. The van der Waals surface area contributed by atoms with Gasteiger partial charge < -0.3 is 9.40 Å². The monoisotopic (exact) mass is 319 g/mol. The van der Waals surface area contributed by atoms with Crippen LogP contribution in [-0.4, -0.2) is 14.9 Å². The van der Waals surface area contributed by atoms with E-state index in [0.717, 1.165) is 12.0 Å². The predicted molar refractivity (Wildman–Crippen MR) is 83.1 cm³/mol. The highest BCUT2D eigenvalue weighted by Gasteiger charge is 2.17. The third kappa shape index (κ3) is 2.52. The summed E-state index contributed by atoms with van der Waals surface area (Å²) in [5.41, 5.74) is 0.719. The first-order valence-electron chi connectivity index (χ1n) is 6.70. The topological polar surface area (TPSA) is 102 Å². The average Bonchev–Trinajstić information content (AvgIpc) is 3.05. The van der Waals surface area contributed by atoms with Crippen LogP contribution in [0.2, 0.25) is 0 Å². The molecule has 3 rings (SSSR count). The number of nitrogens with one attached hydrogen (secondary N) is 1. The number of aromatic amines is 1. The Labute approximate surface area is 128 Å². The second-order valence-electron chi connectivity index (χ2n) is 5.35. The van der Waals surface area contributed by atoms with Crippen molar-refractivity contribution in [3.63, 3.8) is 0 Å². The second-order valence-corrected chi connectivity index (χ2v) is 6.21.